The lowest BCUT2D eigenvalue weighted by Gasteiger charge is -2.11. The highest BCUT2D eigenvalue weighted by Gasteiger charge is 2.18. The smallest absolute Gasteiger partial charge is 0.230 e. The van der Waals surface area contributed by atoms with Gasteiger partial charge >= 0.3 is 0 Å². The van der Waals surface area contributed by atoms with Gasteiger partial charge in [0.25, 0.3) is 0 Å². The number of nitrogens with two attached hydrogens (primary N) is 1. The standard InChI is InChI=1S/C18H25N5O2S/c1-12-7-8-15(13(2)9-12)25-10-16-21-22-18(23(16)19)26-11-17(24)20-14-5-3-4-6-14/h7-9,14H,3-6,10-11,19H2,1-2H3,(H,20,24). The number of amides is 1. The minimum atomic E-state index is 0.0120. The third kappa shape index (κ3) is 4.69. The number of nitrogen functional groups attached to an aromatic ring is 1. The van der Waals surface area contributed by atoms with E-state index in [4.69, 9.17) is 10.6 Å². The molecule has 26 heavy (non-hydrogen) atoms. The molecule has 140 valence electrons. The van der Waals surface area contributed by atoms with E-state index in [-0.39, 0.29) is 18.3 Å². The molecule has 1 amide bonds. The van der Waals surface area contributed by atoms with Crippen LogP contribution in [0.3, 0.4) is 0 Å². The molecule has 0 radical (unpaired) electrons. The summed E-state index contributed by atoms with van der Waals surface area (Å²) in [4.78, 5) is 12.0. The van der Waals surface area contributed by atoms with Gasteiger partial charge in [-0.2, -0.15) is 0 Å². The molecule has 2 aromatic rings. The van der Waals surface area contributed by atoms with Crippen LogP contribution in [0.1, 0.15) is 42.6 Å². The zero-order valence-corrected chi connectivity index (χ0v) is 16.0. The second kappa shape index (κ2) is 8.44. The topological polar surface area (TPSA) is 95.1 Å². The predicted octanol–water partition coefficient (Wildman–Crippen LogP) is 2.34. The maximum atomic E-state index is 12.0. The molecule has 0 saturated heterocycles. The van der Waals surface area contributed by atoms with Crippen molar-refractivity contribution in [2.24, 2.45) is 0 Å². The maximum Gasteiger partial charge on any atom is 0.230 e. The lowest BCUT2D eigenvalue weighted by molar-refractivity contribution is -0.119. The van der Waals surface area contributed by atoms with Gasteiger partial charge in [-0.25, -0.2) is 4.68 Å². The fourth-order valence-electron chi connectivity index (χ4n) is 3.08. The molecule has 1 aliphatic rings. The quantitative estimate of drug-likeness (QED) is 0.570. The van der Waals surface area contributed by atoms with E-state index in [1.807, 2.05) is 26.0 Å². The molecule has 1 saturated carbocycles. The number of hydrogen-bond donors (Lipinski definition) is 2. The van der Waals surface area contributed by atoms with Gasteiger partial charge < -0.3 is 15.9 Å². The van der Waals surface area contributed by atoms with Gasteiger partial charge in [-0.1, -0.05) is 42.3 Å². The van der Waals surface area contributed by atoms with Crippen LogP contribution in [0.25, 0.3) is 0 Å². The van der Waals surface area contributed by atoms with Gasteiger partial charge in [0.2, 0.25) is 11.1 Å². The molecule has 0 unspecified atom stereocenters. The van der Waals surface area contributed by atoms with Crippen molar-refractivity contribution in [1.29, 1.82) is 0 Å². The van der Waals surface area contributed by atoms with E-state index in [9.17, 15) is 4.79 Å². The van der Waals surface area contributed by atoms with Crippen LogP contribution in [-0.4, -0.2) is 32.6 Å². The summed E-state index contributed by atoms with van der Waals surface area (Å²) in [5.74, 6) is 7.64. The molecule has 1 heterocycles. The number of ether oxygens (including phenoxy) is 1. The Morgan fingerprint density at radius 3 is 2.85 bits per heavy atom. The largest absolute Gasteiger partial charge is 0.485 e. The molecular formula is C18H25N5O2S. The van der Waals surface area contributed by atoms with E-state index >= 15 is 0 Å². The third-order valence-electron chi connectivity index (χ3n) is 4.47. The second-order valence-electron chi connectivity index (χ2n) is 6.66. The van der Waals surface area contributed by atoms with Gasteiger partial charge in [-0.15, -0.1) is 10.2 Å². The van der Waals surface area contributed by atoms with Gasteiger partial charge in [-0.3, -0.25) is 4.79 Å². The average Bonchev–Trinajstić information content (AvgIpc) is 3.23. The Labute approximate surface area is 157 Å². The van der Waals surface area contributed by atoms with Crippen molar-refractivity contribution in [1.82, 2.24) is 20.2 Å². The number of rotatable bonds is 7. The zero-order chi connectivity index (χ0) is 18.5. The highest BCUT2D eigenvalue weighted by molar-refractivity contribution is 7.99. The summed E-state index contributed by atoms with van der Waals surface area (Å²) in [6.45, 7) is 4.27. The number of hydrogen-bond acceptors (Lipinski definition) is 6. The second-order valence-corrected chi connectivity index (χ2v) is 7.61. The van der Waals surface area contributed by atoms with Crippen LogP contribution >= 0.6 is 11.8 Å². The fourth-order valence-corrected chi connectivity index (χ4v) is 3.76. The zero-order valence-electron chi connectivity index (χ0n) is 15.2. The first kappa shape index (κ1) is 18.6. The number of nitrogens with one attached hydrogen (secondary N) is 1. The minimum absolute atomic E-state index is 0.0120. The van der Waals surface area contributed by atoms with Crippen molar-refractivity contribution in [2.75, 3.05) is 11.6 Å². The van der Waals surface area contributed by atoms with Crippen molar-refractivity contribution >= 4 is 17.7 Å². The van der Waals surface area contributed by atoms with Crippen LogP contribution in [0.4, 0.5) is 0 Å². The molecule has 1 aliphatic carbocycles. The van der Waals surface area contributed by atoms with Crippen LogP contribution in [0.15, 0.2) is 23.4 Å². The molecule has 8 heteroatoms. The van der Waals surface area contributed by atoms with Gasteiger partial charge in [0.05, 0.1) is 5.75 Å². The summed E-state index contributed by atoms with van der Waals surface area (Å²) in [7, 11) is 0. The number of thioether (sulfide) groups is 1. The van der Waals surface area contributed by atoms with Crippen LogP contribution in [-0.2, 0) is 11.4 Å². The van der Waals surface area contributed by atoms with E-state index in [1.165, 1.54) is 34.8 Å². The van der Waals surface area contributed by atoms with Crippen molar-refractivity contribution in [2.45, 2.75) is 57.3 Å². The van der Waals surface area contributed by atoms with Gasteiger partial charge in [0.1, 0.15) is 12.4 Å². The van der Waals surface area contributed by atoms with Crippen molar-refractivity contribution < 1.29 is 9.53 Å². The van der Waals surface area contributed by atoms with Gasteiger partial charge in [-0.05, 0) is 38.3 Å². The summed E-state index contributed by atoms with van der Waals surface area (Å²) in [6, 6.07) is 6.32. The molecule has 3 rings (SSSR count). The molecule has 1 fully saturated rings. The fraction of sp³-hybridized carbons (Fsp3) is 0.500. The number of carbonyl (C=O) groups excluding carboxylic acids is 1. The van der Waals surface area contributed by atoms with Crippen LogP contribution in [0, 0.1) is 13.8 Å². The summed E-state index contributed by atoms with van der Waals surface area (Å²) in [5.41, 5.74) is 2.25. The molecule has 0 aliphatic heterocycles. The maximum absolute atomic E-state index is 12.0. The summed E-state index contributed by atoms with van der Waals surface area (Å²) in [5, 5.41) is 11.7. The summed E-state index contributed by atoms with van der Waals surface area (Å²) < 4.78 is 7.18. The molecule has 0 bridgehead atoms. The first-order chi connectivity index (χ1) is 12.5. The summed E-state index contributed by atoms with van der Waals surface area (Å²) in [6.07, 6.45) is 4.53. The van der Waals surface area contributed by atoms with Gasteiger partial charge in [0, 0.05) is 6.04 Å². The number of carbonyl (C=O) groups is 1. The van der Waals surface area contributed by atoms with Crippen molar-refractivity contribution in [3.8, 4) is 5.75 Å². The number of benzene rings is 1. The molecule has 1 aromatic heterocycles. The predicted molar refractivity (Wildman–Crippen MR) is 102 cm³/mol. The van der Waals surface area contributed by atoms with Crippen LogP contribution in [0.5, 0.6) is 5.75 Å². The Kier molecular flexibility index (Phi) is 6.03. The van der Waals surface area contributed by atoms with E-state index in [1.54, 1.807) is 0 Å². The van der Waals surface area contributed by atoms with Crippen LogP contribution in [0.2, 0.25) is 0 Å². The number of nitrogens with zero attached hydrogens (tertiary/aromatic N) is 3. The van der Waals surface area contributed by atoms with Crippen molar-refractivity contribution in [3.05, 3.63) is 35.2 Å². The lowest BCUT2D eigenvalue weighted by Crippen LogP contribution is -2.34. The SMILES string of the molecule is Cc1ccc(OCc2nnc(SCC(=O)NC3CCCC3)n2N)c(C)c1. The Hall–Kier alpha value is -2.22. The highest BCUT2D eigenvalue weighted by atomic mass is 32.2. The lowest BCUT2D eigenvalue weighted by atomic mass is 10.1. The molecular weight excluding hydrogens is 350 g/mol. The first-order valence-electron chi connectivity index (χ1n) is 8.84. The van der Waals surface area contributed by atoms with Crippen LogP contribution < -0.4 is 15.9 Å². The Morgan fingerprint density at radius 1 is 1.35 bits per heavy atom. The molecule has 1 aromatic carbocycles. The van der Waals surface area contributed by atoms with E-state index < -0.39 is 0 Å². The molecule has 3 N–H and O–H groups in total. The average molecular weight is 375 g/mol. The highest BCUT2D eigenvalue weighted by Crippen LogP contribution is 2.21. The number of aromatic nitrogens is 3. The molecule has 0 atom stereocenters. The Bertz CT molecular complexity index is 771. The van der Waals surface area contributed by atoms with E-state index in [0.29, 0.717) is 17.0 Å². The monoisotopic (exact) mass is 375 g/mol. The number of aryl methyl sites for hydroxylation is 2. The molecule has 7 nitrogen and oxygen atoms in total. The van der Waals surface area contributed by atoms with E-state index in [0.717, 1.165) is 24.2 Å². The van der Waals surface area contributed by atoms with Gasteiger partial charge in [0.15, 0.2) is 5.82 Å². The Balaban J connectivity index is 1.51. The normalized spacial score (nSPS) is 14.5. The minimum Gasteiger partial charge on any atom is -0.485 e. The summed E-state index contributed by atoms with van der Waals surface area (Å²) >= 11 is 1.28. The van der Waals surface area contributed by atoms with Crippen molar-refractivity contribution in [3.63, 3.8) is 0 Å². The molecule has 0 spiro atoms. The Morgan fingerprint density at radius 2 is 2.12 bits per heavy atom. The van der Waals surface area contributed by atoms with E-state index in [2.05, 4.69) is 21.6 Å². The third-order valence-corrected chi connectivity index (χ3v) is 5.42. The first-order valence-corrected chi connectivity index (χ1v) is 9.83.